The van der Waals surface area contributed by atoms with Crippen LogP contribution in [-0.4, -0.2) is 30.8 Å². The summed E-state index contributed by atoms with van der Waals surface area (Å²) in [7, 11) is 1.48. The molecule has 0 bridgehead atoms. The van der Waals surface area contributed by atoms with E-state index in [1.807, 2.05) is 0 Å². The van der Waals surface area contributed by atoms with Gasteiger partial charge >= 0.3 is 12.0 Å². The van der Waals surface area contributed by atoms with Gasteiger partial charge in [0, 0.05) is 12.6 Å². The predicted octanol–water partition coefficient (Wildman–Crippen LogP) is 2.32. The Morgan fingerprint density at radius 1 is 1.40 bits per heavy atom. The Kier molecular flexibility index (Phi) is 4.45. The van der Waals surface area contributed by atoms with Crippen LogP contribution >= 0.6 is 0 Å². The van der Waals surface area contributed by atoms with Gasteiger partial charge in [0.25, 0.3) is 0 Å². The maximum Gasteiger partial charge on any atom is 0.337 e. The summed E-state index contributed by atoms with van der Waals surface area (Å²) in [6.45, 7) is 0.623. The first-order valence-electron chi connectivity index (χ1n) is 6.56. The second-order valence-electron chi connectivity index (χ2n) is 4.85. The molecule has 6 heteroatoms. The van der Waals surface area contributed by atoms with E-state index in [-0.39, 0.29) is 11.3 Å². The number of hydrogen-bond acceptors (Lipinski definition) is 3. The number of rotatable bonds is 5. The molecule has 1 aliphatic carbocycles. The van der Waals surface area contributed by atoms with Gasteiger partial charge in [0.2, 0.25) is 0 Å². The molecule has 0 heterocycles. The van der Waals surface area contributed by atoms with Crippen molar-refractivity contribution in [2.24, 2.45) is 5.92 Å². The van der Waals surface area contributed by atoms with Crippen LogP contribution in [0.2, 0.25) is 0 Å². The first-order valence-corrected chi connectivity index (χ1v) is 6.56. The number of carbonyl (C=O) groups excluding carboxylic acids is 1. The minimum atomic E-state index is -1.10. The van der Waals surface area contributed by atoms with Crippen LogP contribution < -0.4 is 15.4 Å². The van der Waals surface area contributed by atoms with Gasteiger partial charge in [-0.15, -0.1) is 0 Å². The van der Waals surface area contributed by atoms with Gasteiger partial charge < -0.3 is 20.5 Å². The minimum absolute atomic E-state index is 0.0320. The van der Waals surface area contributed by atoms with E-state index in [1.54, 1.807) is 6.07 Å². The Labute approximate surface area is 117 Å². The van der Waals surface area contributed by atoms with E-state index in [1.165, 1.54) is 25.7 Å². The van der Waals surface area contributed by atoms with Gasteiger partial charge in [-0.25, -0.2) is 9.59 Å². The molecule has 0 aliphatic heterocycles. The number of urea groups is 1. The van der Waals surface area contributed by atoms with E-state index in [2.05, 4.69) is 10.6 Å². The van der Waals surface area contributed by atoms with Crippen molar-refractivity contribution in [1.82, 2.24) is 5.32 Å². The molecule has 0 saturated heterocycles. The number of amides is 2. The van der Waals surface area contributed by atoms with Crippen LogP contribution in [0.3, 0.4) is 0 Å². The van der Waals surface area contributed by atoms with E-state index >= 15 is 0 Å². The van der Waals surface area contributed by atoms with Gasteiger partial charge in [-0.2, -0.15) is 0 Å². The highest BCUT2D eigenvalue weighted by Gasteiger charge is 2.18. The van der Waals surface area contributed by atoms with E-state index < -0.39 is 12.0 Å². The van der Waals surface area contributed by atoms with Gasteiger partial charge in [0.15, 0.2) is 0 Å². The molecule has 2 amide bonds. The number of carboxylic acids is 1. The number of methoxy groups -OCH3 is 1. The summed E-state index contributed by atoms with van der Waals surface area (Å²) in [4.78, 5) is 22.9. The Bertz CT molecular complexity index is 512. The van der Waals surface area contributed by atoms with Crippen LogP contribution in [0.25, 0.3) is 0 Å². The maximum absolute atomic E-state index is 11.8. The molecule has 0 radical (unpaired) electrons. The van der Waals surface area contributed by atoms with Crippen LogP contribution in [0.4, 0.5) is 10.5 Å². The lowest BCUT2D eigenvalue weighted by Crippen LogP contribution is -2.35. The highest BCUT2D eigenvalue weighted by molar-refractivity contribution is 6.00. The van der Waals surface area contributed by atoms with Gasteiger partial charge in [-0.3, -0.25) is 0 Å². The molecule has 108 valence electrons. The Balaban J connectivity index is 2.01. The summed E-state index contributed by atoms with van der Waals surface area (Å²) in [6, 6.07) is 4.04. The maximum atomic E-state index is 11.8. The number of ether oxygens (including phenoxy) is 1. The summed E-state index contributed by atoms with van der Waals surface area (Å²) in [5, 5.41) is 14.4. The van der Waals surface area contributed by atoms with Crippen molar-refractivity contribution in [1.29, 1.82) is 0 Å². The molecule has 0 aromatic heterocycles. The zero-order chi connectivity index (χ0) is 14.5. The fourth-order valence-electron chi connectivity index (χ4n) is 2.04. The monoisotopic (exact) mass is 278 g/mol. The van der Waals surface area contributed by atoms with E-state index in [0.29, 0.717) is 18.2 Å². The number of benzene rings is 1. The minimum Gasteiger partial charge on any atom is -0.497 e. The molecule has 0 atom stereocenters. The third-order valence-corrected chi connectivity index (χ3v) is 3.48. The van der Waals surface area contributed by atoms with Gasteiger partial charge in [-0.05, 0) is 30.9 Å². The summed E-state index contributed by atoms with van der Waals surface area (Å²) < 4.78 is 5.03. The SMILES string of the molecule is COc1ccc(C(=O)O)c(NC(=O)NCC2CCC2)c1. The van der Waals surface area contributed by atoms with E-state index in [4.69, 9.17) is 9.84 Å². The quantitative estimate of drug-likeness (QED) is 0.771. The number of aromatic carboxylic acids is 1. The third-order valence-electron chi connectivity index (χ3n) is 3.48. The second kappa shape index (κ2) is 6.27. The van der Waals surface area contributed by atoms with Gasteiger partial charge in [0.05, 0.1) is 18.4 Å². The third kappa shape index (κ3) is 3.40. The average molecular weight is 278 g/mol. The number of carboxylic acid groups (broad SMARTS) is 1. The zero-order valence-electron chi connectivity index (χ0n) is 11.3. The standard InChI is InChI=1S/C14H18N2O4/c1-20-10-5-6-11(13(17)18)12(7-10)16-14(19)15-8-9-3-2-4-9/h5-7,9H,2-4,8H2,1H3,(H,17,18)(H2,15,16,19). The normalized spacial score (nSPS) is 14.2. The molecule has 1 aliphatic rings. The highest BCUT2D eigenvalue weighted by atomic mass is 16.5. The van der Waals surface area contributed by atoms with Crippen LogP contribution in [0.15, 0.2) is 18.2 Å². The lowest BCUT2D eigenvalue weighted by Gasteiger charge is -2.25. The van der Waals surface area contributed by atoms with Crippen LogP contribution in [0.5, 0.6) is 5.75 Å². The van der Waals surface area contributed by atoms with Crippen LogP contribution in [0.1, 0.15) is 29.6 Å². The van der Waals surface area contributed by atoms with Gasteiger partial charge in [-0.1, -0.05) is 6.42 Å². The molecule has 3 N–H and O–H groups in total. The fraction of sp³-hybridized carbons (Fsp3) is 0.429. The second-order valence-corrected chi connectivity index (χ2v) is 4.85. The number of hydrogen-bond donors (Lipinski definition) is 3. The Morgan fingerprint density at radius 2 is 2.15 bits per heavy atom. The van der Waals surface area contributed by atoms with Gasteiger partial charge in [0.1, 0.15) is 5.75 Å². The van der Waals surface area contributed by atoms with Crippen molar-refractivity contribution in [2.75, 3.05) is 19.0 Å². The first-order chi connectivity index (χ1) is 9.60. The molecule has 1 fully saturated rings. The highest BCUT2D eigenvalue weighted by Crippen LogP contribution is 2.25. The lowest BCUT2D eigenvalue weighted by atomic mass is 9.85. The summed E-state index contributed by atoms with van der Waals surface area (Å²) in [5.74, 6) is -0.0590. The van der Waals surface area contributed by atoms with Crippen molar-refractivity contribution in [3.63, 3.8) is 0 Å². The Hall–Kier alpha value is -2.24. The molecule has 1 aromatic carbocycles. The van der Waals surface area contributed by atoms with E-state index in [0.717, 1.165) is 12.8 Å². The summed E-state index contributed by atoms with van der Waals surface area (Å²) >= 11 is 0. The molecular weight excluding hydrogens is 260 g/mol. The molecule has 2 rings (SSSR count). The Morgan fingerprint density at radius 3 is 2.70 bits per heavy atom. The van der Waals surface area contributed by atoms with Crippen molar-refractivity contribution < 1.29 is 19.4 Å². The molecule has 20 heavy (non-hydrogen) atoms. The summed E-state index contributed by atoms with van der Waals surface area (Å²) in [5.41, 5.74) is 0.257. The predicted molar refractivity (Wildman–Crippen MR) is 74.3 cm³/mol. The molecular formula is C14H18N2O4. The van der Waals surface area contributed by atoms with Crippen molar-refractivity contribution in [2.45, 2.75) is 19.3 Å². The zero-order valence-corrected chi connectivity index (χ0v) is 11.3. The lowest BCUT2D eigenvalue weighted by molar-refractivity contribution is 0.0698. The van der Waals surface area contributed by atoms with Crippen molar-refractivity contribution in [3.8, 4) is 5.75 Å². The summed E-state index contributed by atoms with van der Waals surface area (Å²) in [6.07, 6.45) is 3.49. The molecule has 0 unspecified atom stereocenters. The average Bonchev–Trinajstić information content (AvgIpc) is 2.36. The fourth-order valence-corrected chi connectivity index (χ4v) is 2.04. The largest absolute Gasteiger partial charge is 0.497 e. The molecule has 1 aromatic rings. The number of nitrogens with one attached hydrogen (secondary N) is 2. The first kappa shape index (κ1) is 14.2. The van der Waals surface area contributed by atoms with E-state index in [9.17, 15) is 9.59 Å². The smallest absolute Gasteiger partial charge is 0.337 e. The molecule has 0 spiro atoms. The van der Waals surface area contributed by atoms with Crippen LogP contribution in [0, 0.1) is 5.92 Å². The molecule has 1 saturated carbocycles. The molecule has 6 nitrogen and oxygen atoms in total. The van der Waals surface area contributed by atoms with Crippen molar-refractivity contribution >= 4 is 17.7 Å². The van der Waals surface area contributed by atoms with Crippen LogP contribution in [-0.2, 0) is 0 Å². The number of anilines is 1. The topological polar surface area (TPSA) is 87.7 Å². The number of carbonyl (C=O) groups is 2. The van der Waals surface area contributed by atoms with Crippen molar-refractivity contribution in [3.05, 3.63) is 23.8 Å².